The van der Waals surface area contributed by atoms with Gasteiger partial charge in [-0.05, 0) is 6.92 Å². The summed E-state index contributed by atoms with van der Waals surface area (Å²) < 4.78 is 33.6. The lowest BCUT2D eigenvalue weighted by Gasteiger charge is -2.28. The largest absolute Gasteiger partial charge is 0.373 e. The highest BCUT2D eigenvalue weighted by Crippen LogP contribution is 2.04. The molecule has 0 spiro atoms. The van der Waals surface area contributed by atoms with Crippen molar-refractivity contribution < 1.29 is 18.3 Å². The summed E-state index contributed by atoms with van der Waals surface area (Å²) in [6.07, 6.45) is -2.36. The molecule has 13 heavy (non-hydrogen) atoms. The first-order chi connectivity index (χ1) is 6.18. The standard InChI is InChI=1S/C8H15F2NO2/c1-6-2-11-3-7(13-6)4-12-5-8(9)10/h6-8,11H,2-5H2,1H3. The Kier molecular flexibility index (Phi) is 4.55. The van der Waals surface area contributed by atoms with Crippen molar-refractivity contribution in [3.8, 4) is 0 Å². The summed E-state index contributed by atoms with van der Waals surface area (Å²) in [5.41, 5.74) is 0. The third-order valence-electron chi connectivity index (χ3n) is 1.78. The number of ether oxygens (including phenoxy) is 2. The zero-order valence-electron chi connectivity index (χ0n) is 7.63. The van der Waals surface area contributed by atoms with Gasteiger partial charge in [0.2, 0.25) is 0 Å². The molecule has 1 rings (SSSR count). The van der Waals surface area contributed by atoms with E-state index in [0.29, 0.717) is 6.54 Å². The van der Waals surface area contributed by atoms with E-state index in [4.69, 9.17) is 9.47 Å². The summed E-state index contributed by atoms with van der Waals surface area (Å²) in [4.78, 5) is 0. The van der Waals surface area contributed by atoms with Crippen LogP contribution in [0.2, 0.25) is 0 Å². The third-order valence-corrected chi connectivity index (χ3v) is 1.78. The quantitative estimate of drug-likeness (QED) is 0.714. The number of alkyl halides is 2. The first-order valence-corrected chi connectivity index (χ1v) is 4.40. The maximum absolute atomic E-state index is 11.7. The van der Waals surface area contributed by atoms with Crippen LogP contribution in [0.3, 0.4) is 0 Å². The lowest BCUT2D eigenvalue weighted by Crippen LogP contribution is -2.45. The van der Waals surface area contributed by atoms with E-state index in [-0.39, 0.29) is 18.8 Å². The molecular formula is C8H15F2NO2. The number of halogens is 2. The highest BCUT2D eigenvalue weighted by molar-refractivity contribution is 4.71. The molecule has 1 saturated heterocycles. The molecule has 0 aromatic carbocycles. The molecule has 0 saturated carbocycles. The average Bonchev–Trinajstić information content (AvgIpc) is 2.03. The number of nitrogens with one attached hydrogen (secondary N) is 1. The molecule has 1 N–H and O–H groups in total. The molecule has 1 aliphatic rings. The first kappa shape index (κ1) is 10.8. The van der Waals surface area contributed by atoms with Gasteiger partial charge < -0.3 is 14.8 Å². The van der Waals surface area contributed by atoms with Gasteiger partial charge in [-0.2, -0.15) is 0 Å². The molecule has 78 valence electrons. The van der Waals surface area contributed by atoms with Crippen LogP contribution in [-0.4, -0.2) is 44.9 Å². The highest BCUT2D eigenvalue weighted by atomic mass is 19.3. The van der Waals surface area contributed by atoms with Gasteiger partial charge in [-0.1, -0.05) is 0 Å². The van der Waals surface area contributed by atoms with Gasteiger partial charge in [0.05, 0.1) is 18.8 Å². The third kappa shape index (κ3) is 4.50. The van der Waals surface area contributed by atoms with Gasteiger partial charge in [0, 0.05) is 13.1 Å². The van der Waals surface area contributed by atoms with Gasteiger partial charge in [0.25, 0.3) is 6.43 Å². The summed E-state index contributed by atoms with van der Waals surface area (Å²) in [7, 11) is 0. The number of morpholine rings is 1. The van der Waals surface area contributed by atoms with E-state index < -0.39 is 13.0 Å². The normalized spacial score (nSPS) is 29.5. The minimum atomic E-state index is -2.39. The van der Waals surface area contributed by atoms with E-state index in [1.165, 1.54) is 0 Å². The van der Waals surface area contributed by atoms with E-state index in [1.54, 1.807) is 0 Å². The summed E-state index contributed by atoms with van der Waals surface area (Å²) >= 11 is 0. The Balaban J connectivity index is 2.06. The monoisotopic (exact) mass is 195 g/mol. The molecule has 2 unspecified atom stereocenters. The van der Waals surface area contributed by atoms with Gasteiger partial charge in [-0.15, -0.1) is 0 Å². The van der Waals surface area contributed by atoms with E-state index in [0.717, 1.165) is 6.54 Å². The molecule has 1 fully saturated rings. The minimum absolute atomic E-state index is 0.0949. The van der Waals surface area contributed by atoms with Crippen molar-refractivity contribution in [1.82, 2.24) is 5.32 Å². The molecule has 1 aliphatic heterocycles. The summed E-state index contributed by atoms with van der Waals surface area (Å²) in [5.74, 6) is 0. The number of hydrogen-bond donors (Lipinski definition) is 1. The van der Waals surface area contributed by atoms with Crippen molar-refractivity contribution in [3.05, 3.63) is 0 Å². The molecule has 0 amide bonds. The van der Waals surface area contributed by atoms with E-state index >= 15 is 0 Å². The summed E-state index contributed by atoms with van der Waals surface area (Å²) in [5, 5.41) is 3.13. The highest BCUT2D eigenvalue weighted by Gasteiger charge is 2.18. The average molecular weight is 195 g/mol. The molecule has 2 atom stereocenters. The fraction of sp³-hybridized carbons (Fsp3) is 1.00. The topological polar surface area (TPSA) is 30.5 Å². The van der Waals surface area contributed by atoms with Gasteiger partial charge in [0.15, 0.2) is 0 Å². The Morgan fingerprint density at radius 2 is 2.31 bits per heavy atom. The zero-order valence-corrected chi connectivity index (χ0v) is 7.63. The Morgan fingerprint density at radius 1 is 1.54 bits per heavy atom. The second-order valence-electron chi connectivity index (χ2n) is 3.16. The fourth-order valence-corrected chi connectivity index (χ4v) is 1.26. The molecule has 0 aromatic rings. The SMILES string of the molecule is CC1CNCC(COCC(F)F)O1. The van der Waals surface area contributed by atoms with Crippen molar-refractivity contribution in [2.45, 2.75) is 25.6 Å². The van der Waals surface area contributed by atoms with E-state index in [9.17, 15) is 8.78 Å². The minimum Gasteiger partial charge on any atom is -0.373 e. The zero-order chi connectivity index (χ0) is 9.68. The van der Waals surface area contributed by atoms with Gasteiger partial charge in [-0.25, -0.2) is 8.78 Å². The van der Waals surface area contributed by atoms with Crippen LogP contribution in [0.1, 0.15) is 6.92 Å². The van der Waals surface area contributed by atoms with Crippen LogP contribution in [0.4, 0.5) is 8.78 Å². The summed E-state index contributed by atoms with van der Waals surface area (Å²) in [6.45, 7) is 3.15. The molecule has 1 heterocycles. The van der Waals surface area contributed by atoms with Crippen LogP contribution in [0.25, 0.3) is 0 Å². The van der Waals surface area contributed by atoms with E-state index in [1.807, 2.05) is 6.92 Å². The van der Waals surface area contributed by atoms with Crippen molar-refractivity contribution in [1.29, 1.82) is 0 Å². The lowest BCUT2D eigenvalue weighted by molar-refractivity contribution is -0.0828. The van der Waals surface area contributed by atoms with Crippen molar-refractivity contribution >= 4 is 0 Å². The van der Waals surface area contributed by atoms with Gasteiger partial charge in [-0.3, -0.25) is 0 Å². The maximum Gasteiger partial charge on any atom is 0.261 e. The fourth-order valence-electron chi connectivity index (χ4n) is 1.26. The number of rotatable bonds is 4. The van der Waals surface area contributed by atoms with Gasteiger partial charge in [0.1, 0.15) is 6.61 Å². The van der Waals surface area contributed by atoms with Crippen LogP contribution in [0, 0.1) is 0 Å². The second kappa shape index (κ2) is 5.47. The molecule has 5 heteroatoms. The van der Waals surface area contributed by atoms with Crippen LogP contribution in [-0.2, 0) is 9.47 Å². The molecule has 3 nitrogen and oxygen atoms in total. The van der Waals surface area contributed by atoms with Crippen LogP contribution in [0.5, 0.6) is 0 Å². The molecule has 0 aliphatic carbocycles. The summed E-state index contributed by atoms with van der Waals surface area (Å²) in [6, 6.07) is 0. The molecular weight excluding hydrogens is 180 g/mol. The van der Waals surface area contributed by atoms with Crippen LogP contribution < -0.4 is 5.32 Å². The Bertz CT molecular complexity index is 146. The Hall–Kier alpha value is -0.260. The van der Waals surface area contributed by atoms with Gasteiger partial charge >= 0.3 is 0 Å². The Morgan fingerprint density at radius 3 is 2.92 bits per heavy atom. The van der Waals surface area contributed by atoms with Crippen LogP contribution >= 0.6 is 0 Å². The van der Waals surface area contributed by atoms with Crippen LogP contribution in [0.15, 0.2) is 0 Å². The van der Waals surface area contributed by atoms with Crippen molar-refractivity contribution in [3.63, 3.8) is 0 Å². The molecule has 0 bridgehead atoms. The smallest absolute Gasteiger partial charge is 0.261 e. The Labute approximate surface area is 76.4 Å². The molecule has 0 aromatic heterocycles. The van der Waals surface area contributed by atoms with Crippen molar-refractivity contribution in [2.24, 2.45) is 0 Å². The van der Waals surface area contributed by atoms with E-state index in [2.05, 4.69) is 5.32 Å². The second-order valence-corrected chi connectivity index (χ2v) is 3.16. The lowest BCUT2D eigenvalue weighted by atomic mass is 10.2. The predicted molar refractivity (Wildman–Crippen MR) is 44.0 cm³/mol. The first-order valence-electron chi connectivity index (χ1n) is 4.40. The molecule has 0 radical (unpaired) electrons. The maximum atomic E-state index is 11.7. The number of hydrogen-bond acceptors (Lipinski definition) is 3. The van der Waals surface area contributed by atoms with Crippen molar-refractivity contribution in [2.75, 3.05) is 26.3 Å². The predicted octanol–water partition coefficient (Wildman–Crippen LogP) is 0.645.